The lowest BCUT2D eigenvalue weighted by Gasteiger charge is -2.15. The number of carbonyl (C=O) groups excluding carboxylic acids is 1. The Morgan fingerprint density at radius 2 is 1.94 bits per heavy atom. The molecule has 33 heavy (non-hydrogen) atoms. The molecular formula is C25H22N6OS. The number of amides is 1. The largest absolute Gasteiger partial charge is 0.325 e. The van der Waals surface area contributed by atoms with Gasteiger partial charge in [0.15, 0.2) is 11.0 Å². The van der Waals surface area contributed by atoms with Crippen LogP contribution in [0.25, 0.3) is 17.2 Å². The molecule has 2 aromatic carbocycles. The van der Waals surface area contributed by atoms with Gasteiger partial charge < -0.3 is 5.32 Å². The number of thioether (sulfide) groups is 1. The molecule has 0 radical (unpaired) electrons. The highest BCUT2D eigenvalue weighted by Crippen LogP contribution is 2.31. The third kappa shape index (κ3) is 4.94. The van der Waals surface area contributed by atoms with Gasteiger partial charge in [0.1, 0.15) is 5.69 Å². The molecule has 0 saturated carbocycles. The summed E-state index contributed by atoms with van der Waals surface area (Å²) in [7, 11) is 0. The third-order valence-electron chi connectivity index (χ3n) is 5.03. The van der Waals surface area contributed by atoms with Crippen LogP contribution in [-0.4, -0.2) is 30.9 Å². The number of carbonyl (C=O) groups is 1. The van der Waals surface area contributed by atoms with Crippen molar-refractivity contribution in [2.75, 3.05) is 5.32 Å². The molecule has 0 fully saturated rings. The van der Waals surface area contributed by atoms with Crippen LogP contribution in [0.15, 0.2) is 72.0 Å². The summed E-state index contributed by atoms with van der Waals surface area (Å²) < 4.78 is 1.95. The van der Waals surface area contributed by atoms with E-state index in [9.17, 15) is 4.79 Å². The van der Waals surface area contributed by atoms with Crippen molar-refractivity contribution in [1.29, 1.82) is 5.26 Å². The molecule has 4 rings (SSSR count). The van der Waals surface area contributed by atoms with E-state index in [1.807, 2.05) is 55.7 Å². The Balaban J connectivity index is 1.66. The second kappa shape index (κ2) is 9.67. The number of nitrogens with one attached hydrogen (secondary N) is 1. The third-order valence-corrected chi connectivity index (χ3v) is 6.07. The van der Waals surface area contributed by atoms with Crippen molar-refractivity contribution in [3.63, 3.8) is 0 Å². The minimum atomic E-state index is -0.457. The van der Waals surface area contributed by atoms with E-state index in [2.05, 4.69) is 32.6 Å². The SMILES string of the molecule is Cc1ccc(-n2c(SC(C)C(=O)Nc3cccc(C#N)c3)nnc2-c2ccccn2)c(C)c1. The molecule has 7 nitrogen and oxygen atoms in total. The highest BCUT2D eigenvalue weighted by molar-refractivity contribution is 8.00. The molecule has 1 atom stereocenters. The van der Waals surface area contributed by atoms with E-state index in [1.54, 1.807) is 30.5 Å². The first kappa shape index (κ1) is 22.2. The Hall–Kier alpha value is -3.96. The van der Waals surface area contributed by atoms with Gasteiger partial charge >= 0.3 is 0 Å². The van der Waals surface area contributed by atoms with Crippen LogP contribution in [0.2, 0.25) is 0 Å². The maximum Gasteiger partial charge on any atom is 0.237 e. The number of benzene rings is 2. The van der Waals surface area contributed by atoms with Gasteiger partial charge in [-0.15, -0.1) is 10.2 Å². The lowest BCUT2D eigenvalue weighted by atomic mass is 10.1. The minimum Gasteiger partial charge on any atom is -0.325 e. The van der Waals surface area contributed by atoms with Crippen LogP contribution in [0.3, 0.4) is 0 Å². The molecule has 0 aliphatic rings. The number of nitriles is 1. The Labute approximate surface area is 196 Å². The van der Waals surface area contributed by atoms with E-state index in [-0.39, 0.29) is 5.91 Å². The van der Waals surface area contributed by atoms with Gasteiger partial charge in [-0.25, -0.2) is 0 Å². The van der Waals surface area contributed by atoms with Crippen molar-refractivity contribution < 1.29 is 4.79 Å². The molecule has 0 aliphatic carbocycles. The van der Waals surface area contributed by atoms with E-state index in [0.717, 1.165) is 16.8 Å². The number of anilines is 1. The first-order valence-corrected chi connectivity index (χ1v) is 11.3. The van der Waals surface area contributed by atoms with Crippen LogP contribution >= 0.6 is 11.8 Å². The molecule has 2 aromatic heterocycles. The summed E-state index contributed by atoms with van der Waals surface area (Å²) in [5, 5.41) is 20.9. The van der Waals surface area contributed by atoms with Gasteiger partial charge in [0.05, 0.1) is 22.6 Å². The zero-order valence-corrected chi connectivity index (χ0v) is 19.3. The van der Waals surface area contributed by atoms with E-state index in [0.29, 0.717) is 27.9 Å². The Morgan fingerprint density at radius 1 is 1.09 bits per heavy atom. The molecule has 0 aliphatic heterocycles. The molecule has 1 N–H and O–H groups in total. The summed E-state index contributed by atoms with van der Waals surface area (Å²) in [6, 6.07) is 20.7. The number of nitrogens with zero attached hydrogens (tertiary/aromatic N) is 5. The van der Waals surface area contributed by atoms with Crippen LogP contribution in [0.5, 0.6) is 0 Å². The van der Waals surface area contributed by atoms with Crippen LogP contribution in [0.1, 0.15) is 23.6 Å². The standard InChI is InChI=1S/C25H22N6OS/c1-16-10-11-22(17(2)13-16)31-23(21-9-4-5-12-27-21)29-30-25(31)33-18(3)24(32)28-20-8-6-7-19(14-20)15-26/h4-14,18H,1-3H3,(H,28,32). The topological polar surface area (TPSA) is 96.5 Å². The van der Waals surface area contributed by atoms with Crippen molar-refractivity contribution in [2.45, 2.75) is 31.2 Å². The first-order valence-electron chi connectivity index (χ1n) is 10.4. The van der Waals surface area contributed by atoms with Crippen molar-refractivity contribution in [3.8, 4) is 23.3 Å². The van der Waals surface area contributed by atoms with Crippen molar-refractivity contribution >= 4 is 23.4 Å². The molecule has 1 amide bonds. The van der Waals surface area contributed by atoms with Gasteiger partial charge in [-0.1, -0.05) is 41.6 Å². The fourth-order valence-corrected chi connectivity index (χ4v) is 4.26. The Kier molecular flexibility index (Phi) is 6.52. The molecule has 2 heterocycles. The predicted octanol–water partition coefficient (Wildman–Crippen LogP) is 4.94. The van der Waals surface area contributed by atoms with Gasteiger partial charge in [0, 0.05) is 11.9 Å². The predicted molar refractivity (Wildman–Crippen MR) is 129 cm³/mol. The zero-order chi connectivity index (χ0) is 23.4. The van der Waals surface area contributed by atoms with Gasteiger partial charge in [-0.05, 0) is 62.7 Å². The van der Waals surface area contributed by atoms with E-state index in [1.165, 1.54) is 11.8 Å². The minimum absolute atomic E-state index is 0.190. The molecule has 0 bridgehead atoms. The van der Waals surface area contributed by atoms with Crippen molar-refractivity contribution in [1.82, 2.24) is 19.7 Å². The van der Waals surface area contributed by atoms with E-state index in [4.69, 9.17) is 5.26 Å². The highest BCUT2D eigenvalue weighted by atomic mass is 32.2. The average Bonchev–Trinajstić information content (AvgIpc) is 3.23. The van der Waals surface area contributed by atoms with Gasteiger partial charge in [0.2, 0.25) is 5.91 Å². The molecule has 8 heteroatoms. The molecule has 0 spiro atoms. The number of rotatable bonds is 6. The summed E-state index contributed by atoms with van der Waals surface area (Å²) >= 11 is 1.32. The van der Waals surface area contributed by atoms with Gasteiger partial charge in [-0.3, -0.25) is 14.3 Å². The normalized spacial score (nSPS) is 11.6. The number of pyridine rings is 1. The molecule has 1 unspecified atom stereocenters. The molecule has 0 saturated heterocycles. The summed E-state index contributed by atoms with van der Waals surface area (Å²) in [6.45, 7) is 5.90. The molecule has 4 aromatic rings. The molecular weight excluding hydrogens is 432 g/mol. The summed E-state index contributed by atoms with van der Waals surface area (Å²) in [5.74, 6) is 0.420. The maximum atomic E-state index is 12.9. The van der Waals surface area contributed by atoms with E-state index < -0.39 is 5.25 Å². The Bertz CT molecular complexity index is 1340. The number of hydrogen-bond donors (Lipinski definition) is 1. The fraction of sp³-hybridized carbons (Fsp3) is 0.160. The fourth-order valence-electron chi connectivity index (χ4n) is 3.40. The highest BCUT2D eigenvalue weighted by Gasteiger charge is 2.23. The van der Waals surface area contributed by atoms with Crippen LogP contribution in [-0.2, 0) is 4.79 Å². The van der Waals surface area contributed by atoms with Crippen LogP contribution in [0.4, 0.5) is 5.69 Å². The second-order valence-corrected chi connectivity index (χ2v) is 8.90. The second-order valence-electron chi connectivity index (χ2n) is 7.59. The lowest BCUT2D eigenvalue weighted by molar-refractivity contribution is -0.115. The summed E-state index contributed by atoms with van der Waals surface area (Å²) in [6.07, 6.45) is 1.72. The van der Waals surface area contributed by atoms with Gasteiger partial charge in [-0.2, -0.15) is 5.26 Å². The van der Waals surface area contributed by atoms with Crippen molar-refractivity contribution in [3.05, 3.63) is 83.6 Å². The quantitative estimate of drug-likeness (QED) is 0.415. The summed E-state index contributed by atoms with van der Waals surface area (Å²) in [5.41, 5.74) is 4.93. The van der Waals surface area contributed by atoms with E-state index >= 15 is 0 Å². The Morgan fingerprint density at radius 3 is 2.67 bits per heavy atom. The van der Waals surface area contributed by atoms with Gasteiger partial charge in [0.25, 0.3) is 0 Å². The number of aromatic nitrogens is 4. The lowest BCUT2D eigenvalue weighted by Crippen LogP contribution is -2.23. The summed E-state index contributed by atoms with van der Waals surface area (Å²) in [4.78, 5) is 17.3. The number of aryl methyl sites for hydroxylation is 2. The number of hydrogen-bond acceptors (Lipinski definition) is 6. The van der Waals surface area contributed by atoms with Crippen LogP contribution in [0, 0.1) is 25.2 Å². The first-order chi connectivity index (χ1) is 16.0. The monoisotopic (exact) mass is 454 g/mol. The maximum absolute atomic E-state index is 12.9. The van der Waals surface area contributed by atoms with Crippen LogP contribution < -0.4 is 5.32 Å². The molecule has 164 valence electrons. The average molecular weight is 455 g/mol. The van der Waals surface area contributed by atoms with Crippen molar-refractivity contribution in [2.24, 2.45) is 0 Å². The smallest absolute Gasteiger partial charge is 0.237 e. The zero-order valence-electron chi connectivity index (χ0n) is 18.5.